The van der Waals surface area contributed by atoms with E-state index < -0.39 is 10.2 Å². The zero-order chi connectivity index (χ0) is 21.3. The fraction of sp³-hybridized carbons (Fsp3) is 0.700. The largest absolute Gasteiger partial charge is 0.474 e. The first-order chi connectivity index (χ1) is 14.4. The van der Waals surface area contributed by atoms with Crippen LogP contribution in [-0.4, -0.2) is 66.9 Å². The van der Waals surface area contributed by atoms with Crippen molar-refractivity contribution >= 4 is 31.8 Å². The van der Waals surface area contributed by atoms with Crippen LogP contribution in [0.5, 0.6) is 5.88 Å². The van der Waals surface area contributed by atoms with Gasteiger partial charge in [0, 0.05) is 30.6 Å². The molecule has 1 aliphatic heterocycles. The van der Waals surface area contributed by atoms with Gasteiger partial charge in [0.2, 0.25) is 5.88 Å². The second-order valence-electron chi connectivity index (χ2n) is 8.36. The first kappa shape index (κ1) is 21.9. The molecular weight excluding hydrogens is 422 g/mol. The summed E-state index contributed by atoms with van der Waals surface area (Å²) in [4.78, 5) is 13.3. The molecule has 1 aliphatic carbocycles. The lowest BCUT2D eigenvalue weighted by Gasteiger charge is -2.32. The Morgan fingerprint density at radius 1 is 1.27 bits per heavy atom. The number of hydrogen-bond donors (Lipinski definition) is 1. The van der Waals surface area contributed by atoms with Gasteiger partial charge < -0.3 is 9.64 Å². The fourth-order valence-corrected chi connectivity index (χ4v) is 6.72. The Hall–Kier alpha value is -1.33. The third-order valence-electron chi connectivity index (χ3n) is 6.09. The summed E-state index contributed by atoms with van der Waals surface area (Å²) in [5.74, 6) is 0.603. The molecule has 2 aromatic rings. The van der Waals surface area contributed by atoms with Crippen molar-refractivity contribution in [3.8, 4) is 5.88 Å². The van der Waals surface area contributed by atoms with E-state index >= 15 is 0 Å². The van der Waals surface area contributed by atoms with Crippen LogP contribution in [0.4, 0.5) is 0 Å². The summed E-state index contributed by atoms with van der Waals surface area (Å²) in [6.07, 6.45) is 7.39. The Morgan fingerprint density at radius 2 is 2.03 bits per heavy atom. The molecule has 3 heterocycles. The molecule has 0 atom stereocenters. The van der Waals surface area contributed by atoms with E-state index in [4.69, 9.17) is 4.74 Å². The van der Waals surface area contributed by atoms with E-state index in [-0.39, 0.29) is 6.10 Å². The Bertz CT molecular complexity index is 984. The van der Waals surface area contributed by atoms with Gasteiger partial charge in [-0.2, -0.15) is 12.7 Å². The van der Waals surface area contributed by atoms with Crippen LogP contribution in [0.25, 0.3) is 10.2 Å². The average molecular weight is 454 g/mol. The summed E-state index contributed by atoms with van der Waals surface area (Å²) in [6, 6.07) is 0.610. The minimum atomic E-state index is -3.49. The molecule has 8 nitrogen and oxygen atoms in total. The van der Waals surface area contributed by atoms with Crippen molar-refractivity contribution in [2.75, 3.05) is 27.2 Å². The molecule has 0 saturated heterocycles. The highest BCUT2D eigenvalue weighted by atomic mass is 32.2. The molecule has 0 amide bonds. The number of nitrogens with one attached hydrogen (secondary N) is 1. The van der Waals surface area contributed by atoms with E-state index in [1.165, 1.54) is 9.18 Å². The van der Waals surface area contributed by atoms with E-state index in [1.807, 2.05) is 6.92 Å². The van der Waals surface area contributed by atoms with Crippen LogP contribution in [0, 0.1) is 0 Å². The van der Waals surface area contributed by atoms with Crippen molar-refractivity contribution in [2.24, 2.45) is 0 Å². The SMILES string of the molecule is CCCNS(=O)(=O)N1CCc2sc3ncnc(OC4CCC(N(C)C)CC4)c3c2C1. The monoisotopic (exact) mass is 453 g/mol. The molecule has 0 spiro atoms. The molecule has 166 valence electrons. The maximum absolute atomic E-state index is 12.7. The number of rotatable bonds is 7. The van der Waals surface area contributed by atoms with Crippen molar-refractivity contribution in [1.29, 1.82) is 0 Å². The van der Waals surface area contributed by atoms with Gasteiger partial charge in [0.25, 0.3) is 10.2 Å². The lowest BCUT2D eigenvalue weighted by Crippen LogP contribution is -2.43. The van der Waals surface area contributed by atoms with E-state index in [2.05, 4.69) is 33.7 Å². The average Bonchev–Trinajstić information content (AvgIpc) is 3.11. The van der Waals surface area contributed by atoms with Gasteiger partial charge in [0.15, 0.2) is 0 Å². The molecule has 2 aromatic heterocycles. The van der Waals surface area contributed by atoms with E-state index in [0.29, 0.717) is 38.0 Å². The predicted molar refractivity (Wildman–Crippen MR) is 119 cm³/mol. The molecule has 0 unspecified atom stereocenters. The number of fused-ring (bicyclic) bond motifs is 3. The standard InChI is InChI=1S/C20H31N5O3S2/c1-4-10-23-30(26,27)25-11-9-17-16(12-25)18-19(21-13-22-20(18)29-17)28-15-7-5-14(6-8-15)24(2)3/h13-15,23H,4-12H2,1-3H3. The summed E-state index contributed by atoms with van der Waals surface area (Å²) in [5, 5.41) is 0.891. The maximum atomic E-state index is 12.7. The summed E-state index contributed by atoms with van der Waals surface area (Å²) < 4.78 is 35.9. The van der Waals surface area contributed by atoms with Crippen molar-refractivity contribution in [1.82, 2.24) is 23.9 Å². The lowest BCUT2D eigenvalue weighted by atomic mass is 9.92. The summed E-state index contributed by atoms with van der Waals surface area (Å²) in [5.41, 5.74) is 1.00. The second kappa shape index (κ2) is 9.04. The third kappa shape index (κ3) is 4.47. The Labute approximate surface area is 182 Å². The smallest absolute Gasteiger partial charge is 0.279 e. The molecule has 30 heavy (non-hydrogen) atoms. The zero-order valence-corrected chi connectivity index (χ0v) is 19.6. The number of aromatic nitrogens is 2. The van der Waals surface area contributed by atoms with Crippen molar-refractivity contribution in [2.45, 2.75) is 64.1 Å². The van der Waals surface area contributed by atoms with Gasteiger partial charge in [-0.3, -0.25) is 0 Å². The first-order valence-corrected chi connectivity index (χ1v) is 13.0. The Balaban J connectivity index is 1.56. The quantitative estimate of drug-likeness (QED) is 0.693. The molecule has 0 radical (unpaired) electrons. The maximum Gasteiger partial charge on any atom is 0.279 e. The minimum Gasteiger partial charge on any atom is -0.474 e. The van der Waals surface area contributed by atoms with Crippen LogP contribution < -0.4 is 9.46 Å². The lowest BCUT2D eigenvalue weighted by molar-refractivity contribution is 0.108. The van der Waals surface area contributed by atoms with Gasteiger partial charge in [-0.05, 0) is 58.2 Å². The molecule has 4 rings (SSSR count). The molecule has 0 bridgehead atoms. The highest BCUT2D eigenvalue weighted by Crippen LogP contribution is 2.39. The van der Waals surface area contributed by atoms with Gasteiger partial charge in [-0.15, -0.1) is 11.3 Å². The Kier molecular flexibility index (Phi) is 6.59. The van der Waals surface area contributed by atoms with Crippen molar-refractivity contribution in [3.05, 3.63) is 16.8 Å². The molecule has 2 aliphatic rings. The molecular formula is C20H31N5O3S2. The summed E-state index contributed by atoms with van der Waals surface area (Å²) >= 11 is 1.63. The summed E-state index contributed by atoms with van der Waals surface area (Å²) in [6.45, 7) is 3.22. The fourth-order valence-electron chi connectivity index (χ4n) is 4.31. The first-order valence-electron chi connectivity index (χ1n) is 10.7. The molecule has 0 aromatic carbocycles. The van der Waals surface area contributed by atoms with Crippen LogP contribution in [0.3, 0.4) is 0 Å². The minimum absolute atomic E-state index is 0.143. The normalized spacial score (nSPS) is 23.1. The van der Waals surface area contributed by atoms with Gasteiger partial charge in [-0.25, -0.2) is 14.7 Å². The topological polar surface area (TPSA) is 87.7 Å². The van der Waals surface area contributed by atoms with E-state index in [1.54, 1.807) is 17.7 Å². The molecule has 1 saturated carbocycles. The number of nitrogens with zero attached hydrogens (tertiary/aromatic N) is 4. The van der Waals surface area contributed by atoms with Gasteiger partial charge in [0.1, 0.15) is 17.3 Å². The van der Waals surface area contributed by atoms with E-state index in [9.17, 15) is 8.42 Å². The molecule has 10 heteroatoms. The summed E-state index contributed by atoms with van der Waals surface area (Å²) in [7, 11) is 0.776. The van der Waals surface area contributed by atoms with Crippen LogP contribution in [0.1, 0.15) is 49.5 Å². The number of thiophene rings is 1. The predicted octanol–water partition coefficient (Wildman–Crippen LogP) is 2.55. The van der Waals surface area contributed by atoms with Crippen molar-refractivity contribution < 1.29 is 13.2 Å². The number of ether oxygens (including phenoxy) is 1. The van der Waals surface area contributed by atoms with Crippen LogP contribution in [-0.2, 0) is 23.2 Å². The van der Waals surface area contributed by atoms with Crippen molar-refractivity contribution in [3.63, 3.8) is 0 Å². The highest BCUT2D eigenvalue weighted by molar-refractivity contribution is 7.87. The molecule has 1 fully saturated rings. The van der Waals surface area contributed by atoms with Crippen LogP contribution in [0.15, 0.2) is 6.33 Å². The van der Waals surface area contributed by atoms with Crippen LogP contribution in [0.2, 0.25) is 0 Å². The number of hydrogen-bond acceptors (Lipinski definition) is 7. The second-order valence-corrected chi connectivity index (χ2v) is 11.2. The van der Waals surface area contributed by atoms with Gasteiger partial charge in [-0.1, -0.05) is 6.92 Å². The van der Waals surface area contributed by atoms with Gasteiger partial charge >= 0.3 is 0 Å². The van der Waals surface area contributed by atoms with Crippen LogP contribution >= 0.6 is 11.3 Å². The van der Waals surface area contributed by atoms with E-state index in [0.717, 1.165) is 47.9 Å². The third-order valence-corrected chi connectivity index (χ3v) is 8.85. The highest BCUT2D eigenvalue weighted by Gasteiger charge is 2.31. The zero-order valence-electron chi connectivity index (χ0n) is 17.9. The molecule has 1 N–H and O–H groups in total. The Morgan fingerprint density at radius 3 is 2.73 bits per heavy atom. The van der Waals surface area contributed by atoms with Gasteiger partial charge in [0.05, 0.1) is 5.39 Å².